The van der Waals surface area contributed by atoms with Crippen LogP contribution >= 0.6 is 11.8 Å². The molecule has 0 radical (unpaired) electrons. The van der Waals surface area contributed by atoms with Crippen LogP contribution in [0.15, 0.2) is 40.0 Å². The van der Waals surface area contributed by atoms with E-state index in [1.165, 1.54) is 11.8 Å². The molecule has 1 aromatic carbocycles. The van der Waals surface area contributed by atoms with E-state index in [0.29, 0.717) is 5.75 Å². The largest absolute Gasteiger partial charge is 0.360 e. The molecule has 3 rings (SSSR count). The van der Waals surface area contributed by atoms with Gasteiger partial charge < -0.3 is 4.52 Å². The van der Waals surface area contributed by atoms with Crippen molar-refractivity contribution >= 4 is 11.8 Å². The average molecular weight is 287 g/mol. The van der Waals surface area contributed by atoms with Crippen molar-refractivity contribution in [2.75, 3.05) is 0 Å². The summed E-state index contributed by atoms with van der Waals surface area (Å²) in [7, 11) is 0. The number of aryl methyl sites for hydroxylation is 2. The summed E-state index contributed by atoms with van der Waals surface area (Å²) in [6.45, 7) is 3.93. The van der Waals surface area contributed by atoms with Gasteiger partial charge >= 0.3 is 0 Å². The summed E-state index contributed by atoms with van der Waals surface area (Å²) in [6, 6.07) is 9.90. The highest BCUT2D eigenvalue weighted by Gasteiger charge is 2.12. The Morgan fingerprint density at radius 2 is 2.10 bits per heavy atom. The van der Waals surface area contributed by atoms with E-state index in [1.54, 1.807) is 4.68 Å². The summed E-state index contributed by atoms with van der Waals surface area (Å²) in [5.41, 5.74) is 2.98. The van der Waals surface area contributed by atoms with Gasteiger partial charge in [-0.3, -0.25) is 0 Å². The fourth-order valence-electron chi connectivity index (χ4n) is 1.84. The molecule has 0 fully saturated rings. The lowest BCUT2D eigenvalue weighted by Crippen LogP contribution is -2.01. The Labute approximate surface area is 120 Å². The number of aromatic nitrogens is 5. The van der Waals surface area contributed by atoms with Gasteiger partial charge in [-0.25, -0.2) is 0 Å². The first kappa shape index (κ1) is 12.9. The lowest BCUT2D eigenvalue weighted by molar-refractivity contribution is 0.391. The Hall–Kier alpha value is -2.15. The Balaban J connectivity index is 1.82. The first-order chi connectivity index (χ1) is 9.74. The summed E-state index contributed by atoms with van der Waals surface area (Å²) in [6.07, 6.45) is 0. The van der Waals surface area contributed by atoms with E-state index in [9.17, 15) is 0 Å². The highest BCUT2D eigenvalue weighted by Crippen LogP contribution is 2.23. The lowest BCUT2D eigenvalue weighted by atomic mass is 10.2. The van der Waals surface area contributed by atoms with E-state index < -0.39 is 0 Å². The second kappa shape index (κ2) is 5.46. The molecule has 0 saturated heterocycles. The summed E-state index contributed by atoms with van der Waals surface area (Å²) in [4.78, 5) is 0. The minimum atomic E-state index is 0.646. The SMILES string of the molecule is Cc1cc(CSc2nnnn2-c2ccccc2C)on1. The van der Waals surface area contributed by atoms with Crippen LogP contribution in [0.1, 0.15) is 17.0 Å². The fourth-order valence-corrected chi connectivity index (χ4v) is 2.60. The molecule has 0 aliphatic carbocycles. The number of benzene rings is 1. The fraction of sp³-hybridized carbons (Fsp3) is 0.231. The summed E-state index contributed by atoms with van der Waals surface area (Å²) in [5.74, 6) is 1.46. The van der Waals surface area contributed by atoms with Crippen molar-refractivity contribution in [1.29, 1.82) is 0 Å². The molecule has 102 valence electrons. The molecule has 0 bridgehead atoms. The maximum absolute atomic E-state index is 5.18. The van der Waals surface area contributed by atoms with Crippen LogP contribution in [0, 0.1) is 13.8 Å². The number of nitrogens with zero attached hydrogens (tertiary/aromatic N) is 5. The molecule has 2 heterocycles. The molecule has 2 aromatic heterocycles. The smallest absolute Gasteiger partial charge is 0.214 e. The number of hydrogen-bond acceptors (Lipinski definition) is 6. The van der Waals surface area contributed by atoms with Gasteiger partial charge in [0.25, 0.3) is 0 Å². The molecule has 0 N–H and O–H groups in total. The molecule has 0 amide bonds. The van der Waals surface area contributed by atoms with E-state index in [2.05, 4.69) is 20.7 Å². The van der Waals surface area contributed by atoms with Crippen molar-refractivity contribution in [1.82, 2.24) is 25.4 Å². The average Bonchev–Trinajstić information content (AvgIpc) is 3.06. The van der Waals surface area contributed by atoms with Crippen molar-refractivity contribution in [3.63, 3.8) is 0 Å². The molecular formula is C13H13N5OS. The highest BCUT2D eigenvalue weighted by molar-refractivity contribution is 7.98. The van der Waals surface area contributed by atoms with Crippen molar-refractivity contribution in [3.05, 3.63) is 47.3 Å². The lowest BCUT2D eigenvalue weighted by Gasteiger charge is -2.06. The van der Waals surface area contributed by atoms with Gasteiger partial charge in [0.1, 0.15) is 5.76 Å². The predicted molar refractivity (Wildman–Crippen MR) is 74.7 cm³/mol. The van der Waals surface area contributed by atoms with E-state index >= 15 is 0 Å². The van der Waals surface area contributed by atoms with E-state index in [4.69, 9.17) is 4.52 Å². The maximum Gasteiger partial charge on any atom is 0.214 e. The zero-order chi connectivity index (χ0) is 13.9. The first-order valence-electron chi connectivity index (χ1n) is 6.13. The quantitative estimate of drug-likeness (QED) is 0.687. The van der Waals surface area contributed by atoms with Crippen LogP contribution in [-0.2, 0) is 5.75 Å². The normalized spacial score (nSPS) is 10.9. The minimum absolute atomic E-state index is 0.646. The standard InChI is InChI=1S/C13H13N5OS/c1-9-5-3-4-6-12(9)18-13(14-16-17-18)20-8-11-7-10(2)15-19-11/h3-7H,8H2,1-2H3. The van der Waals surface area contributed by atoms with Crippen LogP contribution in [-0.4, -0.2) is 25.4 Å². The number of para-hydroxylation sites is 1. The molecule has 0 unspecified atom stereocenters. The van der Waals surface area contributed by atoms with Crippen LogP contribution in [0.2, 0.25) is 0 Å². The molecule has 0 aliphatic heterocycles. The second-order valence-corrected chi connectivity index (χ2v) is 5.33. The van der Waals surface area contributed by atoms with Crippen molar-refractivity contribution in [3.8, 4) is 5.69 Å². The van der Waals surface area contributed by atoms with E-state index in [1.807, 2.05) is 44.2 Å². The first-order valence-corrected chi connectivity index (χ1v) is 7.12. The molecule has 7 heteroatoms. The number of thioether (sulfide) groups is 1. The summed E-state index contributed by atoms with van der Waals surface area (Å²) < 4.78 is 6.92. The van der Waals surface area contributed by atoms with Crippen molar-refractivity contribution < 1.29 is 4.52 Å². The molecule has 20 heavy (non-hydrogen) atoms. The van der Waals surface area contributed by atoms with Crippen LogP contribution in [0.5, 0.6) is 0 Å². The van der Waals surface area contributed by atoms with Gasteiger partial charge in [-0.1, -0.05) is 35.1 Å². The van der Waals surface area contributed by atoms with E-state index in [-0.39, 0.29) is 0 Å². The van der Waals surface area contributed by atoms with Crippen molar-refractivity contribution in [2.24, 2.45) is 0 Å². The topological polar surface area (TPSA) is 69.6 Å². The third kappa shape index (κ3) is 2.57. The monoisotopic (exact) mass is 287 g/mol. The Kier molecular flexibility index (Phi) is 3.51. The molecule has 0 aliphatic rings. The highest BCUT2D eigenvalue weighted by atomic mass is 32.2. The van der Waals surface area contributed by atoms with Crippen LogP contribution < -0.4 is 0 Å². The molecule has 3 aromatic rings. The Morgan fingerprint density at radius 1 is 1.25 bits per heavy atom. The van der Waals surface area contributed by atoms with Crippen LogP contribution in [0.4, 0.5) is 0 Å². The number of hydrogen-bond donors (Lipinski definition) is 0. The predicted octanol–water partition coefficient (Wildman–Crippen LogP) is 2.56. The van der Waals surface area contributed by atoms with Gasteiger partial charge in [0.2, 0.25) is 5.16 Å². The van der Waals surface area contributed by atoms with E-state index in [0.717, 1.165) is 27.9 Å². The molecular weight excluding hydrogens is 274 g/mol. The maximum atomic E-state index is 5.18. The Bertz CT molecular complexity index is 721. The third-order valence-electron chi connectivity index (χ3n) is 2.80. The van der Waals surface area contributed by atoms with Crippen LogP contribution in [0.25, 0.3) is 5.69 Å². The Morgan fingerprint density at radius 3 is 2.85 bits per heavy atom. The molecule has 0 saturated carbocycles. The summed E-state index contributed by atoms with van der Waals surface area (Å²) >= 11 is 1.52. The van der Waals surface area contributed by atoms with Gasteiger partial charge in [-0.2, -0.15) is 4.68 Å². The van der Waals surface area contributed by atoms with Gasteiger partial charge in [-0.15, -0.1) is 5.10 Å². The van der Waals surface area contributed by atoms with Gasteiger partial charge in [-0.05, 0) is 35.9 Å². The minimum Gasteiger partial charge on any atom is -0.360 e. The summed E-state index contributed by atoms with van der Waals surface area (Å²) in [5, 5.41) is 16.5. The van der Waals surface area contributed by atoms with Crippen LogP contribution in [0.3, 0.4) is 0 Å². The van der Waals surface area contributed by atoms with Gasteiger partial charge in [0, 0.05) is 6.07 Å². The number of tetrazole rings is 1. The second-order valence-electron chi connectivity index (χ2n) is 4.38. The molecule has 0 spiro atoms. The molecule has 0 atom stereocenters. The van der Waals surface area contributed by atoms with Crippen molar-refractivity contribution in [2.45, 2.75) is 24.8 Å². The number of rotatable bonds is 4. The zero-order valence-electron chi connectivity index (χ0n) is 11.1. The van der Waals surface area contributed by atoms with Gasteiger partial charge in [0.05, 0.1) is 17.1 Å². The molecule has 6 nitrogen and oxygen atoms in total. The van der Waals surface area contributed by atoms with Gasteiger partial charge in [0.15, 0.2) is 0 Å². The zero-order valence-corrected chi connectivity index (χ0v) is 12.0. The third-order valence-corrected chi connectivity index (χ3v) is 3.75.